The first-order chi connectivity index (χ1) is 19.0. The highest BCUT2D eigenvalue weighted by Crippen LogP contribution is 2.36. The lowest BCUT2D eigenvalue weighted by Gasteiger charge is -2.26. The number of hydrogen-bond donors (Lipinski definition) is 1. The van der Waals surface area contributed by atoms with Crippen LogP contribution in [0, 0.1) is 3.57 Å². The summed E-state index contributed by atoms with van der Waals surface area (Å²) in [5.41, 5.74) is 1.77. The van der Waals surface area contributed by atoms with Crippen molar-refractivity contribution in [2.45, 2.75) is 39.8 Å². The molecule has 0 radical (unpaired) electrons. The number of allylic oxidation sites excluding steroid dienone is 1. The van der Waals surface area contributed by atoms with Gasteiger partial charge in [-0.1, -0.05) is 29.5 Å². The monoisotopic (exact) mass is 740 g/mol. The number of nitrogens with zero attached hydrogens (tertiary/aromatic N) is 2. The van der Waals surface area contributed by atoms with E-state index in [9.17, 15) is 14.4 Å². The van der Waals surface area contributed by atoms with Gasteiger partial charge in [0, 0.05) is 5.56 Å². The van der Waals surface area contributed by atoms with Crippen molar-refractivity contribution in [3.05, 3.63) is 86.5 Å². The number of ether oxygens (including phenoxy) is 3. The standard InChI is InChI=1S/C28H26BrIN2O7S/c1-5-37-27(36)23-15(4)31-28-32(24(23)17-8-6-7-9-20(17)39-14(2)3)26(35)21(40-28)12-16-10-18(29)25(19(30)11-16)38-13-22(33)34/h6-12,14,24H,5,13H2,1-4H3,(H,33,34)/b21-12+/t24-/m1/s1. The second-order valence-corrected chi connectivity index (χ2v) is 12.0. The number of carbonyl (C=O) groups excluding carboxylic acids is 1. The van der Waals surface area contributed by atoms with Gasteiger partial charge < -0.3 is 19.3 Å². The molecule has 0 unspecified atom stereocenters. The summed E-state index contributed by atoms with van der Waals surface area (Å²) >= 11 is 6.70. The lowest BCUT2D eigenvalue weighted by atomic mass is 9.95. The lowest BCUT2D eigenvalue weighted by molar-refractivity contribution is -0.140. The summed E-state index contributed by atoms with van der Waals surface area (Å²) in [5, 5.41) is 8.95. The molecule has 1 aliphatic rings. The van der Waals surface area contributed by atoms with Crippen molar-refractivity contribution in [1.29, 1.82) is 0 Å². The number of rotatable bonds is 9. The van der Waals surface area contributed by atoms with Crippen LogP contribution in [0.5, 0.6) is 11.5 Å². The fourth-order valence-corrected chi connectivity index (χ4v) is 7.05. The number of carboxylic acids is 1. The van der Waals surface area contributed by atoms with Gasteiger partial charge in [-0.2, -0.15) is 0 Å². The molecule has 1 aromatic heterocycles. The summed E-state index contributed by atoms with van der Waals surface area (Å²) in [5.74, 6) is -0.666. The molecule has 0 fully saturated rings. The first-order valence-electron chi connectivity index (χ1n) is 12.3. The Morgan fingerprint density at radius 2 is 2.00 bits per heavy atom. The molecular weight excluding hydrogens is 715 g/mol. The van der Waals surface area contributed by atoms with Crippen molar-refractivity contribution in [3.8, 4) is 11.5 Å². The van der Waals surface area contributed by atoms with Crippen molar-refractivity contribution in [1.82, 2.24) is 4.57 Å². The summed E-state index contributed by atoms with van der Waals surface area (Å²) in [6.45, 7) is 6.98. The SMILES string of the molecule is CCOC(=O)C1=C(C)N=c2s/c(=C/c3cc(Br)c(OCC(=O)O)c(I)c3)c(=O)n2[C@@H]1c1ccccc1OC(C)C. The lowest BCUT2D eigenvalue weighted by Crippen LogP contribution is -2.40. The first-order valence-corrected chi connectivity index (χ1v) is 15.0. The van der Waals surface area contributed by atoms with Crippen LogP contribution in [0.2, 0.25) is 0 Å². The molecule has 4 rings (SSSR count). The molecule has 2 aromatic carbocycles. The van der Waals surface area contributed by atoms with Crippen LogP contribution in [0.3, 0.4) is 0 Å². The molecule has 0 spiro atoms. The van der Waals surface area contributed by atoms with Crippen LogP contribution in [0.1, 0.15) is 44.9 Å². The zero-order chi connectivity index (χ0) is 29.1. The van der Waals surface area contributed by atoms with Gasteiger partial charge in [-0.15, -0.1) is 0 Å². The minimum atomic E-state index is -1.08. The molecule has 210 valence electrons. The number of halogens is 2. The van der Waals surface area contributed by atoms with Crippen LogP contribution in [0.4, 0.5) is 0 Å². The van der Waals surface area contributed by atoms with Crippen LogP contribution < -0.4 is 24.4 Å². The van der Waals surface area contributed by atoms with E-state index < -0.39 is 24.6 Å². The zero-order valence-electron chi connectivity index (χ0n) is 22.1. The average Bonchev–Trinajstić information content (AvgIpc) is 3.16. The van der Waals surface area contributed by atoms with Gasteiger partial charge in [0.25, 0.3) is 5.56 Å². The molecule has 0 saturated heterocycles. The van der Waals surface area contributed by atoms with Gasteiger partial charge in [-0.05, 0) is 96.1 Å². The van der Waals surface area contributed by atoms with Crippen molar-refractivity contribution in [3.63, 3.8) is 0 Å². The molecular formula is C28H26BrIN2O7S. The van der Waals surface area contributed by atoms with E-state index in [0.717, 1.165) is 0 Å². The molecule has 0 bridgehead atoms. The van der Waals surface area contributed by atoms with Gasteiger partial charge in [0.15, 0.2) is 11.4 Å². The molecule has 0 saturated carbocycles. The van der Waals surface area contributed by atoms with E-state index in [1.165, 1.54) is 15.9 Å². The van der Waals surface area contributed by atoms with Gasteiger partial charge in [-0.3, -0.25) is 9.36 Å². The average molecular weight is 741 g/mol. The van der Waals surface area contributed by atoms with E-state index in [1.54, 1.807) is 32.1 Å². The Bertz CT molecular complexity index is 1670. The second kappa shape index (κ2) is 12.7. The molecule has 1 atom stereocenters. The summed E-state index contributed by atoms with van der Waals surface area (Å²) in [6, 6.07) is 10.1. The number of benzene rings is 2. The molecule has 40 heavy (non-hydrogen) atoms. The molecule has 1 N–H and O–H groups in total. The Morgan fingerprint density at radius 3 is 2.65 bits per heavy atom. The van der Waals surface area contributed by atoms with Crippen LogP contribution in [-0.4, -0.2) is 40.9 Å². The molecule has 2 heterocycles. The van der Waals surface area contributed by atoms with Crippen LogP contribution in [-0.2, 0) is 14.3 Å². The zero-order valence-corrected chi connectivity index (χ0v) is 26.6. The number of carbonyl (C=O) groups is 2. The number of fused-ring (bicyclic) bond motifs is 1. The second-order valence-electron chi connectivity index (χ2n) is 9.00. The molecule has 12 heteroatoms. The van der Waals surface area contributed by atoms with E-state index in [4.69, 9.17) is 19.3 Å². The summed E-state index contributed by atoms with van der Waals surface area (Å²) in [4.78, 5) is 43.1. The number of aliphatic carboxylic acids is 1. The third kappa shape index (κ3) is 6.33. The topological polar surface area (TPSA) is 116 Å². The van der Waals surface area contributed by atoms with E-state index >= 15 is 0 Å². The molecule has 0 amide bonds. The molecule has 9 nitrogen and oxygen atoms in total. The Hall–Kier alpha value is -2.97. The fraction of sp³-hybridized carbons (Fsp3) is 0.286. The first kappa shape index (κ1) is 30.0. The fourth-order valence-electron chi connectivity index (χ4n) is 4.24. The number of thiazole rings is 1. The van der Waals surface area contributed by atoms with Gasteiger partial charge >= 0.3 is 11.9 Å². The number of aromatic nitrogens is 1. The normalized spacial score (nSPS) is 15.1. The van der Waals surface area contributed by atoms with Gasteiger partial charge in [0.05, 0.1) is 36.6 Å². The Labute approximate surface area is 256 Å². The van der Waals surface area contributed by atoms with Crippen molar-refractivity contribution < 1.29 is 28.9 Å². The maximum atomic E-state index is 13.9. The maximum Gasteiger partial charge on any atom is 0.341 e. The quantitative estimate of drug-likeness (QED) is 0.255. The number of para-hydroxylation sites is 1. The van der Waals surface area contributed by atoms with E-state index in [0.29, 0.717) is 45.7 Å². The maximum absolute atomic E-state index is 13.9. The highest BCUT2D eigenvalue weighted by atomic mass is 127. The van der Waals surface area contributed by atoms with Crippen molar-refractivity contribution >= 4 is 67.9 Å². The molecule has 0 aliphatic carbocycles. The molecule has 1 aliphatic heterocycles. The number of carboxylic acid groups (broad SMARTS) is 1. The number of hydrogen-bond acceptors (Lipinski definition) is 8. The number of esters is 1. The Morgan fingerprint density at radius 1 is 1.27 bits per heavy atom. The third-order valence-corrected chi connectivity index (χ3v) is 8.12. The van der Waals surface area contributed by atoms with Crippen LogP contribution in [0.25, 0.3) is 6.08 Å². The molecule has 3 aromatic rings. The van der Waals surface area contributed by atoms with E-state index in [2.05, 4.69) is 43.5 Å². The predicted molar refractivity (Wildman–Crippen MR) is 163 cm³/mol. The van der Waals surface area contributed by atoms with E-state index in [-0.39, 0.29) is 23.8 Å². The Balaban J connectivity index is 1.91. The summed E-state index contributed by atoms with van der Waals surface area (Å²) < 4.78 is 20.0. The Kier molecular flexibility index (Phi) is 9.52. The van der Waals surface area contributed by atoms with Gasteiger partial charge in [0.2, 0.25) is 0 Å². The highest BCUT2D eigenvalue weighted by Gasteiger charge is 2.35. The van der Waals surface area contributed by atoms with Crippen LogP contribution >= 0.6 is 49.9 Å². The van der Waals surface area contributed by atoms with E-state index in [1.807, 2.05) is 38.1 Å². The third-order valence-electron chi connectivity index (χ3n) is 5.75. The minimum Gasteiger partial charge on any atom is -0.491 e. The highest BCUT2D eigenvalue weighted by molar-refractivity contribution is 14.1. The van der Waals surface area contributed by atoms with Gasteiger partial charge in [0.1, 0.15) is 17.5 Å². The van der Waals surface area contributed by atoms with Gasteiger partial charge in [-0.25, -0.2) is 14.6 Å². The van der Waals surface area contributed by atoms with Crippen molar-refractivity contribution in [2.24, 2.45) is 4.99 Å². The summed E-state index contributed by atoms with van der Waals surface area (Å²) in [7, 11) is 0. The largest absolute Gasteiger partial charge is 0.491 e. The van der Waals surface area contributed by atoms with Crippen molar-refractivity contribution in [2.75, 3.05) is 13.2 Å². The van der Waals surface area contributed by atoms with Crippen LogP contribution in [0.15, 0.2) is 61.9 Å². The predicted octanol–water partition coefficient (Wildman–Crippen LogP) is 4.42. The smallest absolute Gasteiger partial charge is 0.341 e. The summed E-state index contributed by atoms with van der Waals surface area (Å²) in [6.07, 6.45) is 1.60. The minimum absolute atomic E-state index is 0.128.